The van der Waals surface area contributed by atoms with Crippen LogP contribution in [0.5, 0.6) is 0 Å². The molecule has 2 N–H and O–H groups in total. The van der Waals surface area contributed by atoms with Crippen molar-refractivity contribution in [3.63, 3.8) is 0 Å². The Morgan fingerprint density at radius 3 is 3.06 bits per heavy atom. The monoisotopic (exact) mass is 255 g/mol. The second-order valence-electron chi connectivity index (χ2n) is 4.53. The third-order valence-corrected chi connectivity index (χ3v) is 4.17. The Bertz CT molecular complexity index is 407. The van der Waals surface area contributed by atoms with Gasteiger partial charge >= 0.3 is 5.97 Å². The quantitative estimate of drug-likeness (QED) is 0.861. The zero-order valence-electron chi connectivity index (χ0n) is 10.0. The molecule has 0 amide bonds. The van der Waals surface area contributed by atoms with Gasteiger partial charge in [0.25, 0.3) is 0 Å². The molecule has 94 valence electrons. The van der Waals surface area contributed by atoms with Crippen LogP contribution >= 0.6 is 11.3 Å². The van der Waals surface area contributed by atoms with E-state index < -0.39 is 5.97 Å². The van der Waals surface area contributed by atoms with Crippen LogP contribution in [0.3, 0.4) is 0 Å². The van der Waals surface area contributed by atoms with Crippen LogP contribution in [0.25, 0.3) is 0 Å². The molecule has 0 aliphatic carbocycles. The molecule has 2 unspecified atom stereocenters. The molecule has 1 aromatic heterocycles. The minimum Gasteiger partial charge on any atom is -0.477 e. The van der Waals surface area contributed by atoms with Gasteiger partial charge in [-0.3, -0.25) is 0 Å². The number of carboxylic acid groups (broad SMARTS) is 1. The summed E-state index contributed by atoms with van der Waals surface area (Å²) in [5.74, 6) is -0.910. The van der Waals surface area contributed by atoms with Gasteiger partial charge in [-0.1, -0.05) is 11.3 Å². The molecule has 1 saturated heterocycles. The maximum atomic E-state index is 10.7. The zero-order chi connectivity index (χ0) is 12.4. The molecule has 0 saturated carbocycles. The molecule has 0 bridgehead atoms. The average molecular weight is 255 g/mol. The van der Waals surface area contributed by atoms with Gasteiger partial charge in [-0.05, 0) is 26.8 Å². The van der Waals surface area contributed by atoms with Crippen molar-refractivity contribution in [2.45, 2.75) is 31.8 Å². The molecular weight excluding hydrogens is 238 g/mol. The van der Waals surface area contributed by atoms with E-state index >= 15 is 0 Å². The number of likely N-dealkylation sites (tertiary alicyclic amines) is 1. The number of nitrogens with one attached hydrogen (secondary N) is 1. The molecule has 2 rings (SSSR count). The molecule has 17 heavy (non-hydrogen) atoms. The van der Waals surface area contributed by atoms with Gasteiger partial charge in [0.15, 0.2) is 5.13 Å². The third kappa shape index (κ3) is 2.95. The summed E-state index contributed by atoms with van der Waals surface area (Å²) >= 11 is 1.20. The molecule has 5 nitrogen and oxygen atoms in total. The van der Waals surface area contributed by atoms with Crippen LogP contribution in [0.1, 0.15) is 29.4 Å². The van der Waals surface area contributed by atoms with Gasteiger partial charge in [0.2, 0.25) is 0 Å². The van der Waals surface area contributed by atoms with Crippen LogP contribution in [0.4, 0.5) is 5.13 Å². The molecule has 2 heterocycles. The van der Waals surface area contributed by atoms with E-state index in [4.69, 9.17) is 5.11 Å². The van der Waals surface area contributed by atoms with Crippen LogP contribution in [0.15, 0.2) is 6.20 Å². The fraction of sp³-hybridized carbons (Fsp3) is 0.636. The lowest BCUT2D eigenvalue weighted by Crippen LogP contribution is -2.42. The van der Waals surface area contributed by atoms with Gasteiger partial charge in [-0.25, -0.2) is 9.78 Å². The highest BCUT2D eigenvalue weighted by atomic mass is 32.1. The van der Waals surface area contributed by atoms with Gasteiger partial charge in [-0.2, -0.15) is 0 Å². The summed E-state index contributed by atoms with van der Waals surface area (Å²) < 4.78 is 0. The summed E-state index contributed by atoms with van der Waals surface area (Å²) in [5.41, 5.74) is 0. The van der Waals surface area contributed by atoms with Gasteiger partial charge in [-0.15, -0.1) is 0 Å². The minimum atomic E-state index is -0.910. The number of nitrogens with zero attached hydrogens (tertiary/aromatic N) is 2. The van der Waals surface area contributed by atoms with Crippen LogP contribution in [0, 0.1) is 0 Å². The summed E-state index contributed by atoms with van der Waals surface area (Å²) in [6, 6.07) is 0.953. The molecule has 1 fully saturated rings. The van der Waals surface area contributed by atoms with Gasteiger partial charge in [0.1, 0.15) is 4.88 Å². The highest BCUT2D eigenvalue weighted by Crippen LogP contribution is 2.23. The number of carboxylic acids is 1. The Labute approximate surface area is 104 Å². The maximum Gasteiger partial charge on any atom is 0.347 e. The van der Waals surface area contributed by atoms with E-state index in [1.54, 1.807) is 0 Å². The summed E-state index contributed by atoms with van der Waals surface area (Å²) in [4.78, 5) is 17.4. The van der Waals surface area contributed by atoms with Crippen LogP contribution in [-0.4, -0.2) is 46.6 Å². The van der Waals surface area contributed by atoms with Crippen molar-refractivity contribution in [3.8, 4) is 0 Å². The number of piperidine rings is 1. The van der Waals surface area contributed by atoms with Crippen molar-refractivity contribution >= 4 is 22.4 Å². The smallest absolute Gasteiger partial charge is 0.347 e. The number of aromatic carboxylic acids is 1. The molecule has 6 heteroatoms. The lowest BCUT2D eigenvalue weighted by molar-refractivity contribution is 0.0702. The SMILES string of the molecule is CC1CC(Nc2ncc(C(=O)O)s2)CCN1C. The number of hydrogen-bond donors (Lipinski definition) is 2. The second-order valence-corrected chi connectivity index (χ2v) is 5.56. The van der Waals surface area contributed by atoms with Crippen molar-refractivity contribution in [1.82, 2.24) is 9.88 Å². The summed E-state index contributed by atoms with van der Waals surface area (Å²) in [5, 5.41) is 12.9. The molecular formula is C11H17N3O2S. The first-order chi connectivity index (χ1) is 8.06. The molecule has 0 radical (unpaired) electrons. The van der Waals surface area contributed by atoms with E-state index in [0.717, 1.165) is 19.4 Å². The molecule has 1 aliphatic rings. The molecule has 0 aromatic carbocycles. The summed E-state index contributed by atoms with van der Waals surface area (Å²) in [6.07, 6.45) is 3.55. The number of rotatable bonds is 3. The minimum absolute atomic E-state index is 0.286. The number of hydrogen-bond acceptors (Lipinski definition) is 5. The van der Waals surface area contributed by atoms with Gasteiger partial charge in [0, 0.05) is 18.6 Å². The van der Waals surface area contributed by atoms with Crippen molar-refractivity contribution in [2.24, 2.45) is 0 Å². The van der Waals surface area contributed by atoms with E-state index in [2.05, 4.69) is 29.2 Å². The average Bonchev–Trinajstić information content (AvgIpc) is 2.72. The predicted octanol–water partition coefficient (Wildman–Crippen LogP) is 1.74. The van der Waals surface area contributed by atoms with E-state index in [0.29, 0.717) is 17.2 Å². The summed E-state index contributed by atoms with van der Waals surface area (Å²) in [6.45, 7) is 3.27. The zero-order valence-corrected chi connectivity index (χ0v) is 10.8. The first-order valence-electron chi connectivity index (χ1n) is 5.72. The lowest BCUT2D eigenvalue weighted by atomic mass is 9.99. The van der Waals surface area contributed by atoms with Crippen molar-refractivity contribution in [2.75, 3.05) is 18.9 Å². The fourth-order valence-electron chi connectivity index (χ4n) is 2.03. The normalized spacial score (nSPS) is 25.8. The van der Waals surface area contributed by atoms with E-state index in [1.165, 1.54) is 17.5 Å². The van der Waals surface area contributed by atoms with Crippen LogP contribution in [0.2, 0.25) is 0 Å². The Kier molecular flexibility index (Phi) is 3.63. The lowest BCUT2D eigenvalue weighted by Gasteiger charge is -2.35. The molecule has 2 atom stereocenters. The Morgan fingerprint density at radius 1 is 1.71 bits per heavy atom. The number of anilines is 1. The molecule has 0 spiro atoms. The van der Waals surface area contributed by atoms with Gasteiger partial charge < -0.3 is 15.3 Å². The van der Waals surface area contributed by atoms with Gasteiger partial charge in [0.05, 0.1) is 6.20 Å². The van der Waals surface area contributed by atoms with Crippen molar-refractivity contribution in [1.29, 1.82) is 0 Å². The number of thiazole rings is 1. The van der Waals surface area contributed by atoms with Crippen molar-refractivity contribution < 1.29 is 9.90 Å². The fourth-order valence-corrected chi connectivity index (χ4v) is 2.77. The maximum absolute atomic E-state index is 10.7. The van der Waals surface area contributed by atoms with Crippen molar-refractivity contribution in [3.05, 3.63) is 11.1 Å². The Hall–Kier alpha value is -1.14. The predicted molar refractivity (Wildman–Crippen MR) is 67.8 cm³/mol. The molecule has 1 aromatic rings. The van der Waals surface area contributed by atoms with E-state index in [9.17, 15) is 4.79 Å². The largest absolute Gasteiger partial charge is 0.477 e. The van der Waals surface area contributed by atoms with E-state index in [-0.39, 0.29) is 4.88 Å². The summed E-state index contributed by atoms with van der Waals surface area (Å²) in [7, 11) is 2.13. The topological polar surface area (TPSA) is 65.5 Å². The first kappa shape index (κ1) is 12.3. The standard InChI is InChI=1S/C11H17N3O2S/c1-7-5-8(3-4-14(7)2)13-11-12-6-9(17-11)10(15)16/h6-8H,3-5H2,1-2H3,(H,12,13)(H,15,16). The highest BCUT2D eigenvalue weighted by Gasteiger charge is 2.23. The highest BCUT2D eigenvalue weighted by molar-refractivity contribution is 7.17. The van der Waals surface area contributed by atoms with Crippen LogP contribution in [-0.2, 0) is 0 Å². The Balaban J connectivity index is 1.94. The van der Waals surface area contributed by atoms with E-state index in [1.807, 2.05) is 0 Å². The third-order valence-electron chi connectivity index (χ3n) is 3.25. The first-order valence-corrected chi connectivity index (χ1v) is 6.54. The second kappa shape index (κ2) is 5.01. The number of carbonyl (C=O) groups is 1. The molecule has 1 aliphatic heterocycles. The Morgan fingerprint density at radius 2 is 2.47 bits per heavy atom. The number of aromatic nitrogens is 1. The van der Waals surface area contributed by atoms with Crippen LogP contribution < -0.4 is 5.32 Å².